The van der Waals surface area contributed by atoms with Crippen LogP contribution in [0, 0.1) is 0 Å². The van der Waals surface area contributed by atoms with Gasteiger partial charge in [0.05, 0.1) is 13.4 Å². The van der Waals surface area contributed by atoms with Crippen molar-refractivity contribution in [3.05, 3.63) is 12.7 Å². The van der Waals surface area contributed by atoms with Crippen molar-refractivity contribution in [2.75, 3.05) is 13.7 Å². The lowest BCUT2D eigenvalue weighted by Gasteiger charge is -2.20. The summed E-state index contributed by atoms with van der Waals surface area (Å²) in [4.78, 5) is 35.6. The molecule has 2 aromatic rings. The number of hydrogen-bond acceptors (Lipinski definition) is 10. The van der Waals surface area contributed by atoms with Crippen LogP contribution in [0.3, 0.4) is 0 Å². The number of aliphatic hydroxyl groups excluding tert-OH is 1. The van der Waals surface area contributed by atoms with E-state index >= 15 is 0 Å². The van der Waals surface area contributed by atoms with Crippen LogP contribution in [-0.4, -0.2) is 68.6 Å². The summed E-state index contributed by atoms with van der Waals surface area (Å²) < 4.78 is 23.0. The van der Waals surface area contributed by atoms with Crippen molar-refractivity contribution in [1.29, 1.82) is 0 Å². The Morgan fingerprint density at radius 3 is 2.64 bits per heavy atom. The predicted octanol–water partition coefficient (Wildman–Crippen LogP) is 0.368. The van der Waals surface area contributed by atoms with Gasteiger partial charge in [-0.3, -0.25) is 14.2 Å². The predicted molar refractivity (Wildman–Crippen MR) is 93.2 cm³/mol. The average molecular weight is 394 g/mol. The monoisotopic (exact) mass is 394 g/mol. The van der Waals surface area contributed by atoms with Gasteiger partial charge in [0.1, 0.15) is 25.1 Å². The molecule has 28 heavy (non-hydrogen) atoms. The van der Waals surface area contributed by atoms with E-state index in [9.17, 15) is 14.7 Å². The van der Waals surface area contributed by atoms with Gasteiger partial charge in [-0.05, 0) is 0 Å². The van der Waals surface area contributed by atoms with E-state index in [4.69, 9.17) is 18.9 Å². The minimum absolute atomic E-state index is 0.133. The third-order valence-corrected chi connectivity index (χ3v) is 4.36. The van der Waals surface area contributed by atoms with Crippen LogP contribution in [0.4, 0.5) is 0 Å². The molecule has 1 fully saturated rings. The number of fused-ring (bicyclic) bond motifs is 1. The van der Waals surface area contributed by atoms with Crippen LogP contribution in [0.2, 0.25) is 0 Å². The van der Waals surface area contributed by atoms with Crippen molar-refractivity contribution in [1.82, 2.24) is 19.5 Å². The number of rotatable bonds is 7. The van der Waals surface area contributed by atoms with E-state index in [1.807, 2.05) is 0 Å². The zero-order valence-corrected chi connectivity index (χ0v) is 15.8. The molecule has 3 rings (SSSR count). The largest absolute Gasteiger partial charge is 0.479 e. The average Bonchev–Trinajstić information content (AvgIpc) is 3.27. The van der Waals surface area contributed by atoms with Crippen molar-refractivity contribution >= 4 is 23.1 Å². The van der Waals surface area contributed by atoms with Gasteiger partial charge in [-0.15, -0.1) is 0 Å². The number of carbonyl (C=O) groups is 2. The van der Waals surface area contributed by atoms with Gasteiger partial charge in [-0.1, -0.05) is 13.8 Å². The van der Waals surface area contributed by atoms with Crippen LogP contribution in [0.25, 0.3) is 11.2 Å². The zero-order chi connectivity index (χ0) is 20.3. The van der Waals surface area contributed by atoms with E-state index in [2.05, 4.69) is 15.0 Å². The summed E-state index contributed by atoms with van der Waals surface area (Å²) in [7, 11) is 1.46. The molecule has 11 heteroatoms. The highest BCUT2D eigenvalue weighted by molar-refractivity contribution is 5.76. The minimum Gasteiger partial charge on any atom is -0.479 e. The van der Waals surface area contributed by atoms with Crippen molar-refractivity contribution in [3.63, 3.8) is 0 Å². The SMILES string of the molecule is CCC(=O)OC[C@H]1O[C@@H](n2cnc3c(OC)ncnc32)[C@@H](O)[C@@H]1OC(=O)CC. The van der Waals surface area contributed by atoms with Gasteiger partial charge in [0.2, 0.25) is 5.88 Å². The van der Waals surface area contributed by atoms with Gasteiger partial charge < -0.3 is 24.1 Å². The maximum Gasteiger partial charge on any atom is 0.305 e. The third kappa shape index (κ3) is 3.76. The highest BCUT2D eigenvalue weighted by atomic mass is 16.6. The van der Waals surface area contributed by atoms with E-state index < -0.39 is 36.5 Å². The number of aromatic nitrogens is 4. The van der Waals surface area contributed by atoms with Gasteiger partial charge in [-0.25, -0.2) is 9.97 Å². The Hall–Kier alpha value is -2.79. The van der Waals surface area contributed by atoms with Crippen molar-refractivity contribution in [2.24, 2.45) is 0 Å². The molecule has 0 spiro atoms. The maximum atomic E-state index is 11.8. The third-order valence-electron chi connectivity index (χ3n) is 4.36. The molecule has 0 aliphatic carbocycles. The van der Waals surface area contributed by atoms with Crippen LogP contribution in [0.1, 0.15) is 32.9 Å². The second kappa shape index (κ2) is 8.48. The fourth-order valence-electron chi connectivity index (χ4n) is 2.91. The Bertz CT molecular complexity index is 855. The molecule has 1 aliphatic heterocycles. The first kappa shape index (κ1) is 20.0. The van der Waals surface area contributed by atoms with Gasteiger partial charge in [-0.2, -0.15) is 4.98 Å². The summed E-state index contributed by atoms with van der Waals surface area (Å²) in [5, 5.41) is 10.8. The van der Waals surface area contributed by atoms with Gasteiger partial charge in [0.15, 0.2) is 23.5 Å². The van der Waals surface area contributed by atoms with E-state index in [-0.39, 0.29) is 25.3 Å². The number of methoxy groups -OCH3 is 1. The normalized spacial score (nSPS) is 24.3. The van der Waals surface area contributed by atoms with Crippen LogP contribution in [0.15, 0.2) is 12.7 Å². The van der Waals surface area contributed by atoms with Crippen LogP contribution >= 0.6 is 0 Å². The Balaban J connectivity index is 1.89. The topological polar surface area (TPSA) is 135 Å². The molecule has 152 valence electrons. The molecule has 3 heterocycles. The maximum absolute atomic E-state index is 11.8. The van der Waals surface area contributed by atoms with Crippen LogP contribution < -0.4 is 4.74 Å². The molecule has 1 saturated heterocycles. The smallest absolute Gasteiger partial charge is 0.305 e. The van der Waals surface area contributed by atoms with Crippen molar-refractivity contribution in [3.8, 4) is 5.88 Å². The first-order valence-corrected chi connectivity index (χ1v) is 8.90. The molecule has 0 bridgehead atoms. The Labute approximate surface area is 160 Å². The summed E-state index contributed by atoms with van der Waals surface area (Å²) in [6, 6.07) is 0. The first-order valence-electron chi connectivity index (χ1n) is 8.90. The van der Waals surface area contributed by atoms with Gasteiger partial charge >= 0.3 is 11.9 Å². The van der Waals surface area contributed by atoms with Crippen molar-refractivity contribution in [2.45, 2.75) is 51.2 Å². The molecule has 0 unspecified atom stereocenters. The Morgan fingerprint density at radius 2 is 1.96 bits per heavy atom. The van der Waals surface area contributed by atoms with Crippen molar-refractivity contribution < 1.29 is 33.6 Å². The molecule has 4 atom stereocenters. The quantitative estimate of drug-likeness (QED) is 0.656. The van der Waals surface area contributed by atoms with E-state index in [1.54, 1.807) is 13.8 Å². The van der Waals surface area contributed by atoms with E-state index in [0.717, 1.165) is 0 Å². The zero-order valence-electron chi connectivity index (χ0n) is 15.8. The summed E-state index contributed by atoms with van der Waals surface area (Å²) in [5.74, 6) is -0.647. The second-order valence-corrected chi connectivity index (χ2v) is 6.11. The van der Waals surface area contributed by atoms with Crippen LogP contribution in [-0.2, 0) is 23.8 Å². The highest BCUT2D eigenvalue weighted by Gasteiger charge is 2.48. The number of carbonyl (C=O) groups excluding carboxylic acids is 2. The minimum atomic E-state index is -1.22. The molecule has 0 aromatic carbocycles. The Kier molecular flexibility index (Phi) is 6.05. The molecule has 0 saturated carbocycles. The number of ether oxygens (including phenoxy) is 4. The number of esters is 2. The Morgan fingerprint density at radius 1 is 1.21 bits per heavy atom. The molecule has 1 N–H and O–H groups in total. The fourth-order valence-corrected chi connectivity index (χ4v) is 2.91. The van der Waals surface area contributed by atoms with Gasteiger partial charge in [0.25, 0.3) is 0 Å². The van der Waals surface area contributed by atoms with E-state index in [1.165, 1.54) is 24.3 Å². The molecule has 0 radical (unpaired) electrons. The molecule has 2 aromatic heterocycles. The number of aliphatic hydroxyl groups is 1. The number of nitrogens with zero attached hydrogens (tertiary/aromatic N) is 4. The molecular formula is C17H22N4O7. The van der Waals surface area contributed by atoms with E-state index in [0.29, 0.717) is 11.2 Å². The summed E-state index contributed by atoms with van der Waals surface area (Å²) in [5.41, 5.74) is 0.770. The second-order valence-electron chi connectivity index (χ2n) is 6.11. The molecular weight excluding hydrogens is 372 g/mol. The number of hydrogen-bond donors (Lipinski definition) is 1. The lowest BCUT2D eigenvalue weighted by atomic mass is 10.1. The van der Waals surface area contributed by atoms with Crippen LogP contribution in [0.5, 0.6) is 5.88 Å². The summed E-state index contributed by atoms with van der Waals surface area (Å²) in [6.07, 6.45) is -0.973. The lowest BCUT2D eigenvalue weighted by molar-refractivity contribution is -0.159. The summed E-state index contributed by atoms with van der Waals surface area (Å²) in [6.45, 7) is 3.14. The molecule has 1 aliphatic rings. The standard InChI is InChI=1S/C17H22N4O7/c1-4-10(22)26-6-9-14(28-11(23)5-2)13(24)17(27-9)21-8-20-12-15(21)18-7-19-16(12)25-3/h7-9,13-14,17,24H,4-6H2,1-3H3/t9-,13+,14-,17-/m1/s1. The molecule has 11 nitrogen and oxygen atoms in total. The summed E-state index contributed by atoms with van der Waals surface area (Å²) >= 11 is 0. The fraction of sp³-hybridized carbons (Fsp3) is 0.588. The number of imidazole rings is 1. The molecule has 0 amide bonds. The van der Waals surface area contributed by atoms with Gasteiger partial charge in [0, 0.05) is 12.8 Å². The lowest BCUT2D eigenvalue weighted by Crippen LogP contribution is -2.38. The highest BCUT2D eigenvalue weighted by Crippen LogP contribution is 2.34. The first-order chi connectivity index (χ1) is 13.5.